The molecule has 0 bridgehead atoms. The van der Waals surface area contributed by atoms with Crippen LogP contribution in [-0.4, -0.2) is 32.4 Å². The lowest BCUT2D eigenvalue weighted by Gasteiger charge is -2.19. The van der Waals surface area contributed by atoms with E-state index >= 15 is 0 Å². The van der Waals surface area contributed by atoms with Crippen molar-refractivity contribution < 1.29 is 23.1 Å². The molecule has 3 aromatic rings. The van der Waals surface area contributed by atoms with E-state index in [0.717, 1.165) is 9.87 Å². The summed E-state index contributed by atoms with van der Waals surface area (Å²) in [7, 11) is -2.43. The number of halogens is 1. The van der Waals surface area contributed by atoms with Crippen molar-refractivity contribution in [2.75, 3.05) is 16.7 Å². The van der Waals surface area contributed by atoms with Gasteiger partial charge in [0.05, 0.1) is 21.8 Å². The Hall–Kier alpha value is -3.36. The van der Waals surface area contributed by atoms with Crippen LogP contribution in [0.2, 0.25) is 5.02 Å². The van der Waals surface area contributed by atoms with Gasteiger partial charge in [-0.1, -0.05) is 23.2 Å². The zero-order chi connectivity index (χ0) is 22.8. The van der Waals surface area contributed by atoms with E-state index in [4.69, 9.17) is 11.6 Å². The molecule has 0 radical (unpaired) electrons. The molecule has 31 heavy (non-hydrogen) atoms. The number of nitrogens with one attached hydrogen (secondary N) is 1. The number of carbonyl (C=O) groups is 2. The second-order valence-corrected chi connectivity index (χ2v) is 9.19. The van der Waals surface area contributed by atoms with Gasteiger partial charge in [0.25, 0.3) is 15.9 Å². The molecule has 0 aliphatic carbocycles. The van der Waals surface area contributed by atoms with Gasteiger partial charge in [-0.25, -0.2) is 13.2 Å². The van der Waals surface area contributed by atoms with Gasteiger partial charge in [-0.05, 0) is 67.6 Å². The number of hydrogen-bond donors (Lipinski definition) is 2. The monoisotopic (exact) mass is 458 g/mol. The molecule has 0 saturated carbocycles. The Morgan fingerprint density at radius 2 is 1.58 bits per heavy atom. The first-order chi connectivity index (χ1) is 14.6. The molecule has 0 unspecified atom stereocenters. The summed E-state index contributed by atoms with van der Waals surface area (Å²) >= 11 is 5.85. The summed E-state index contributed by atoms with van der Waals surface area (Å²) in [5, 5.41) is 12.4. The molecule has 0 spiro atoms. The number of nitrogens with zero attached hydrogens (tertiary/aromatic N) is 1. The summed E-state index contributed by atoms with van der Waals surface area (Å²) in [5.41, 5.74) is 1.49. The molecule has 0 aromatic heterocycles. The van der Waals surface area contributed by atoms with Gasteiger partial charge >= 0.3 is 5.97 Å². The van der Waals surface area contributed by atoms with Crippen LogP contribution >= 0.6 is 11.6 Å². The Labute approximate surface area is 184 Å². The zero-order valence-corrected chi connectivity index (χ0v) is 18.2. The number of carboxylic acid groups (broad SMARTS) is 1. The molecule has 0 aliphatic heterocycles. The number of anilines is 2. The first-order valence-corrected chi connectivity index (χ1v) is 10.9. The molecule has 7 nitrogen and oxygen atoms in total. The molecule has 3 aromatic carbocycles. The average molecular weight is 459 g/mol. The van der Waals surface area contributed by atoms with Crippen molar-refractivity contribution in [2.45, 2.75) is 11.8 Å². The van der Waals surface area contributed by atoms with E-state index in [1.807, 2.05) is 0 Å². The van der Waals surface area contributed by atoms with E-state index in [0.29, 0.717) is 10.7 Å². The van der Waals surface area contributed by atoms with Gasteiger partial charge in [0, 0.05) is 17.6 Å². The van der Waals surface area contributed by atoms with Crippen LogP contribution in [0.4, 0.5) is 11.4 Å². The lowest BCUT2D eigenvalue weighted by molar-refractivity contribution is 0.0698. The number of carboxylic acids is 1. The molecule has 0 atom stereocenters. The van der Waals surface area contributed by atoms with E-state index in [1.54, 1.807) is 37.3 Å². The van der Waals surface area contributed by atoms with Crippen LogP contribution in [0, 0.1) is 6.92 Å². The number of sulfonamides is 1. The molecule has 0 fully saturated rings. The van der Waals surface area contributed by atoms with Crippen molar-refractivity contribution in [2.24, 2.45) is 0 Å². The molecular weight excluding hydrogens is 440 g/mol. The molecular formula is C22H19ClN2O5S. The Morgan fingerprint density at radius 3 is 2.16 bits per heavy atom. The smallest absolute Gasteiger partial charge is 0.337 e. The van der Waals surface area contributed by atoms with Crippen molar-refractivity contribution in [3.05, 3.63) is 88.4 Å². The van der Waals surface area contributed by atoms with Gasteiger partial charge in [0.15, 0.2) is 0 Å². The van der Waals surface area contributed by atoms with E-state index in [2.05, 4.69) is 5.32 Å². The maximum atomic E-state index is 12.9. The quantitative estimate of drug-likeness (QED) is 0.568. The second kappa shape index (κ2) is 8.79. The highest BCUT2D eigenvalue weighted by Crippen LogP contribution is 2.24. The first-order valence-electron chi connectivity index (χ1n) is 9.09. The minimum absolute atomic E-state index is 0.00283. The summed E-state index contributed by atoms with van der Waals surface area (Å²) in [6, 6.07) is 16.4. The normalized spacial score (nSPS) is 11.1. The fourth-order valence-corrected chi connectivity index (χ4v) is 4.19. The fourth-order valence-electron chi connectivity index (χ4n) is 2.86. The predicted molar refractivity (Wildman–Crippen MR) is 120 cm³/mol. The van der Waals surface area contributed by atoms with Crippen LogP contribution in [0.15, 0.2) is 71.6 Å². The number of amides is 1. The van der Waals surface area contributed by atoms with E-state index in [1.165, 1.54) is 43.4 Å². The number of aryl methyl sites for hydroxylation is 1. The Bertz CT molecular complexity index is 1240. The highest BCUT2D eigenvalue weighted by atomic mass is 35.5. The SMILES string of the molecule is Cc1ccc(NC(=O)c2ccc(S(=O)(=O)N(C)c3ccc(Cl)cc3)cc2)c(C(=O)O)c1. The fraction of sp³-hybridized carbons (Fsp3) is 0.0909. The molecule has 0 saturated heterocycles. The van der Waals surface area contributed by atoms with Crippen LogP contribution in [-0.2, 0) is 10.0 Å². The number of benzene rings is 3. The van der Waals surface area contributed by atoms with Gasteiger partial charge in [0.1, 0.15) is 0 Å². The Morgan fingerprint density at radius 1 is 0.968 bits per heavy atom. The number of aromatic carboxylic acids is 1. The van der Waals surface area contributed by atoms with Gasteiger partial charge in [-0.2, -0.15) is 0 Å². The van der Waals surface area contributed by atoms with Gasteiger partial charge in [-0.3, -0.25) is 9.10 Å². The third-order valence-corrected chi connectivity index (χ3v) is 6.67. The topological polar surface area (TPSA) is 104 Å². The first kappa shape index (κ1) is 22.3. The Balaban J connectivity index is 1.82. The van der Waals surface area contributed by atoms with Gasteiger partial charge in [0.2, 0.25) is 0 Å². The van der Waals surface area contributed by atoms with Crippen molar-refractivity contribution >= 4 is 44.9 Å². The van der Waals surface area contributed by atoms with Crippen molar-refractivity contribution in [1.29, 1.82) is 0 Å². The second-order valence-electron chi connectivity index (χ2n) is 6.78. The van der Waals surface area contributed by atoms with Crippen LogP contribution in [0.1, 0.15) is 26.3 Å². The maximum Gasteiger partial charge on any atom is 0.337 e. The minimum atomic E-state index is -3.85. The van der Waals surface area contributed by atoms with Crippen LogP contribution in [0.5, 0.6) is 0 Å². The molecule has 9 heteroatoms. The average Bonchev–Trinajstić information content (AvgIpc) is 2.75. The van der Waals surface area contributed by atoms with E-state index in [9.17, 15) is 23.1 Å². The summed E-state index contributed by atoms with van der Waals surface area (Å²) in [6.45, 7) is 1.75. The predicted octanol–water partition coefficient (Wildman–Crippen LogP) is 4.42. The zero-order valence-electron chi connectivity index (χ0n) is 16.7. The van der Waals surface area contributed by atoms with E-state index < -0.39 is 21.9 Å². The van der Waals surface area contributed by atoms with Crippen LogP contribution in [0.25, 0.3) is 0 Å². The highest BCUT2D eigenvalue weighted by Gasteiger charge is 2.22. The lowest BCUT2D eigenvalue weighted by atomic mass is 10.1. The number of rotatable bonds is 6. The molecule has 0 heterocycles. The van der Waals surface area contributed by atoms with Gasteiger partial charge in [-0.15, -0.1) is 0 Å². The number of hydrogen-bond acceptors (Lipinski definition) is 4. The molecule has 0 aliphatic rings. The van der Waals surface area contributed by atoms with Crippen molar-refractivity contribution in [3.63, 3.8) is 0 Å². The maximum absolute atomic E-state index is 12.9. The lowest BCUT2D eigenvalue weighted by Crippen LogP contribution is -2.26. The van der Waals surface area contributed by atoms with Gasteiger partial charge < -0.3 is 10.4 Å². The van der Waals surface area contributed by atoms with Crippen molar-refractivity contribution in [1.82, 2.24) is 0 Å². The molecule has 160 valence electrons. The summed E-state index contributed by atoms with van der Waals surface area (Å²) in [5.74, 6) is -1.72. The van der Waals surface area contributed by atoms with Crippen molar-refractivity contribution in [3.8, 4) is 0 Å². The largest absolute Gasteiger partial charge is 0.478 e. The minimum Gasteiger partial charge on any atom is -0.478 e. The molecule has 2 N–H and O–H groups in total. The van der Waals surface area contributed by atoms with Crippen LogP contribution in [0.3, 0.4) is 0 Å². The van der Waals surface area contributed by atoms with Crippen LogP contribution < -0.4 is 9.62 Å². The summed E-state index contributed by atoms with van der Waals surface area (Å²) in [6.07, 6.45) is 0. The summed E-state index contributed by atoms with van der Waals surface area (Å²) < 4.78 is 26.9. The summed E-state index contributed by atoms with van der Waals surface area (Å²) in [4.78, 5) is 24.0. The third kappa shape index (κ3) is 4.87. The molecule has 1 amide bonds. The van der Waals surface area contributed by atoms with E-state index in [-0.39, 0.29) is 21.7 Å². The molecule has 3 rings (SSSR count). The third-order valence-electron chi connectivity index (χ3n) is 4.62. The number of carbonyl (C=O) groups excluding carboxylic acids is 1. The highest BCUT2D eigenvalue weighted by molar-refractivity contribution is 7.92. The Kier molecular flexibility index (Phi) is 6.33. The standard InChI is InChI=1S/C22H19ClN2O5S/c1-14-3-12-20(19(13-14)22(27)28)24-21(26)15-4-10-18(11-5-15)31(29,30)25(2)17-8-6-16(23)7-9-17/h3-13H,1-2H3,(H,24,26)(H,27,28).